The molecule has 0 bridgehead atoms. The van der Waals surface area contributed by atoms with Gasteiger partial charge >= 0.3 is 10.3 Å². The molecule has 0 radical (unpaired) electrons. The van der Waals surface area contributed by atoms with Crippen LogP contribution in [0.3, 0.4) is 0 Å². The number of aliphatic hydroxyl groups excluding tert-OH is 2. The second kappa shape index (κ2) is 9.84. The fraction of sp³-hybridized carbons (Fsp3) is 0.304. The Labute approximate surface area is 201 Å². The van der Waals surface area contributed by atoms with Gasteiger partial charge in [0.1, 0.15) is 17.7 Å². The summed E-state index contributed by atoms with van der Waals surface area (Å²) in [5, 5.41) is 34.6. The monoisotopic (exact) mass is 503 g/mol. The molecule has 5 N–H and O–H groups in total. The number of aromatic nitrogens is 2. The Bertz CT molecular complexity index is 1390. The zero-order valence-electron chi connectivity index (χ0n) is 18.9. The Kier molecular flexibility index (Phi) is 7.01. The van der Waals surface area contributed by atoms with Gasteiger partial charge in [0, 0.05) is 22.9 Å². The van der Waals surface area contributed by atoms with Gasteiger partial charge in [-0.25, -0.2) is 14.5 Å². The normalized spacial score (nSPS) is 23.1. The Morgan fingerprint density at radius 1 is 1.34 bits per heavy atom. The largest absolute Gasteiger partial charge is 0.390 e. The minimum absolute atomic E-state index is 0.204. The Morgan fingerprint density at radius 2 is 2.09 bits per heavy atom. The van der Waals surface area contributed by atoms with E-state index in [-0.39, 0.29) is 18.8 Å². The van der Waals surface area contributed by atoms with Crippen molar-refractivity contribution in [2.75, 3.05) is 6.61 Å². The van der Waals surface area contributed by atoms with Gasteiger partial charge < -0.3 is 15.5 Å². The lowest BCUT2D eigenvalue weighted by atomic mass is 10.0. The first kappa shape index (κ1) is 24.9. The third kappa shape index (κ3) is 5.26. The van der Waals surface area contributed by atoms with E-state index in [0.717, 1.165) is 5.39 Å². The number of hydrogen-bond acceptors (Lipinski definition) is 8. The zero-order chi connectivity index (χ0) is 25.3. The third-order valence-electron chi connectivity index (χ3n) is 6.04. The summed E-state index contributed by atoms with van der Waals surface area (Å²) in [6.07, 6.45) is -0.530. The predicted molar refractivity (Wildman–Crippen MR) is 130 cm³/mol. The van der Waals surface area contributed by atoms with Crippen molar-refractivity contribution < 1.29 is 27.2 Å². The molecule has 1 aromatic heterocycles. The summed E-state index contributed by atoms with van der Waals surface area (Å²) in [6.45, 7) is 4.97. The number of halogens is 1. The number of aliphatic imine (C=N–C) groups is 1. The van der Waals surface area contributed by atoms with Crippen molar-refractivity contribution in [3.05, 3.63) is 54.4 Å². The van der Waals surface area contributed by atoms with Crippen molar-refractivity contribution in [3.63, 3.8) is 0 Å². The number of nitrogens with one attached hydrogen (secondary N) is 1. The summed E-state index contributed by atoms with van der Waals surface area (Å²) < 4.78 is 42.9. The molecule has 12 heteroatoms. The number of allylic oxidation sites excluding steroid dienone is 1. The topological polar surface area (TPSA) is 152 Å². The van der Waals surface area contributed by atoms with Crippen molar-refractivity contribution in [3.8, 4) is 11.3 Å². The highest BCUT2D eigenvalue weighted by Crippen LogP contribution is 2.32. The average molecular weight is 504 g/mol. The second-order valence-electron chi connectivity index (χ2n) is 8.32. The summed E-state index contributed by atoms with van der Waals surface area (Å²) in [5.41, 5.74) is 1.02. The van der Waals surface area contributed by atoms with Gasteiger partial charge in [-0.3, -0.25) is 4.18 Å². The predicted octanol–water partition coefficient (Wildman–Crippen LogP) is 1.91. The lowest BCUT2D eigenvalue weighted by Crippen LogP contribution is -2.40. The summed E-state index contributed by atoms with van der Waals surface area (Å²) in [5.74, 6) is -0.230. The van der Waals surface area contributed by atoms with E-state index in [1.165, 1.54) is 10.7 Å². The lowest BCUT2D eigenvalue weighted by Gasteiger charge is -2.21. The van der Waals surface area contributed by atoms with Crippen molar-refractivity contribution in [1.29, 1.82) is 0 Å². The summed E-state index contributed by atoms with van der Waals surface area (Å²) in [4.78, 5) is 4.01. The number of nitrogens with two attached hydrogens (primary N) is 1. The molecule has 35 heavy (non-hydrogen) atoms. The number of aliphatic hydroxyl groups is 2. The maximum atomic E-state index is 14.7. The lowest BCUT2D eigenvalue weighted by molar-refractivity contribution is 0.00412. The SMILES string of the molecule is C=Nc1cc(-c2cc(F)c3ccccc3c2)nn1/C(=C\C)N[C@@H]1C[C@H](COS(N)(=O)=O)[C@@H](O)[C@H]1O. The number of nitrogens with zero attached hydrogens (tertiary/aromatic N) is 3. The first-order valence-electron chi connectivity index (χ1n) is 10.8. The standard InChI is InChI=1S/C23H26FN5O5S/c1-3-20(27-19-10-15(22(30)23(19)31)12-34-35(25,32)33)29-21(26-2)11-18(28-29)14-8-13-6-4-5-7-16(13)17(24)9-14/h3-9,11,15,19,22-23,27,30-31H,2,10,12H2,1H3,(H2,25,32,33)/b20-3-/t15-,19-,22-,23+/m1/s1. The van der Waals surface area contributed by atoms with Gasteiger partial charge in [0.05, 0.1) is 24.4 Å². The third-order valence-corrected chi connectivity index (χ3v) is 6.51. The first-order chi connectivity index (χ1) is 16.6. The molecule has 4 atom stereocenters. The molecule has 0 aliphatic heterocycles. The van der Waals surface area contributed by atoms with E-state index in [1.54, 1.807) is 31.2 Å². The van der Waals surface area contributed by atoms with Gasteiger partial charge in [-0.1, -0.05) is 24.3 Å². The molecule has 2 aromatic carbocycles. The highest BCUT2D eigenvalue weighted by atomic mass is 32.2. The van der Waals surface area contributed by atoms with E-state index < -0.39 is 34.5 Å². The molecular weight excluding hydrogens is 477 g/mol. The molecular formula is C23H26FN5O5S. The van der Waals surface area contributed by atoms with Crippen molar-refractivity contribution in [2.24, 2.45) is 16.0 Å². The molecule has 4 rings (SSSR count). The van der Waals surface area contributed by atoms with Crippen LogP contribution in [0.25, 0.3) is 27.9 Å². The van der Waals surface area contributed by atoms with E-state index in [4.69, 9.17) is 5.14 Å². The van der Waals surface area contributed by atoms with Gasteiger partial charge in [-0.2, -0.15) is 18.2 Å². The number of fused-ring (bicyclic) bond motifs is 1. The van der Waals surface area contributed by atoms with Crippen LogP contribution < -0.4 is 10.5 Å². The smallest absolute Gasteiger partial charge is 0.333 e. The second-order valence-corrected chi connectivity index (χ2v) is 9.54. The highest BCUT2D eigenvalue weighted by Gasteiger charge is 2.42. The van der Waals surface area contributed by atoms with Crippen LogP contribution in [0.15, 0.2) is 53.5 Å². The molecule has 1 heterocycles. The van der Waals surface area contributed by atoms with Crippen LogP contribution in [0.4, 0.5) is 10.2 Å². The number of benzene rings is 2. The van der Waals surface area contributed by atoms with E-state index in [1.807, 2.05) is 18.2 Å². The molecule has 0 saturated heterocycles. The fourth-order valence-corrected chi connectivity index (χ4v) is 4.65. The maximum Gasteiger partial charge on any atom is 0.333 e. The maximum absolute atomic E-state index is 14.7. The molecule has 10 nitrogen and oxygen atoms in total. The minimum atomic E-state index is -4.17. The van der Waals surface area contributed by atoms with Crippen LogP contribution in [-0.4, -0.2) is 60.0 Å². The minimum Gasteiger partial charge on any atom is -0.390 e. The number of hydrogen-bond donors (Lipinski definition) is 4. The molecule has 3 aromatic rings. The van der Waals surface area contributed by atoms with E-state index in [2.05, 4.69) is 26.3 Å². The quantitative estimate of drug-likeness (QED) is 0.343. The van der Waals surface area contributed by atoms with E-state index in [0.29, 0.717) is 28.3 Å². The fourth-order valence-electron chi connectivity index (χ4n) is 4.29. The molecule has 0 unspecified atom stereocenters. The molecule has 0 amide bonds. The van der Waals surface area contributed by atoms with Gasteiger partial charge in [0.25, 0.3) is 0 Å². The molecule has 1 fully saturated rings. The molecule has 1 aliphatic rings. The average Bonchev–Trinajstić information content (AvgIpc) is 3.37. The Hall–Kier alpha value is -3.16. The molecule has 1 aliphatic carbocycles. The van der Waals surface area contributed by atoms with Crippen LogP contribution in [0.2, 0.25) is 0 Å². The summed E-state index contributed by atoms with van der Waals surface area (Å²) >= 11 is 0. The van der Waals surface area contributed by atoms with Crippen molar-refractivity contribution in [1.82, 2.24) is 15.1 Å². The van der Waals surface area contributed by atoms with Gasteiger partial charge in [-0.15, -0.1) is 0 Å². The Morgan fingerprint density at radius 3 is 2.77 bits per heavy atom. The van der Waals surface area contributed by atoms with Crippen LogP contribution in [0.5, 0.6) is 0 Å². The molecule has 0 spiro atoms. The molecule has 186 valence electrons. The van der Waals surface area contributed by atoms with Crippen LogP contribution in [0.1, 0.15) is 13.3 Å². The first-order valence-corrected chi connectivity index (χ1v) is 12.3. The van der Waals surface area contributed by atoms with Crippen LogP contribution in [-0.2, 0) is 14.5 Å². The Balaban J connectivity index is 1.59. The van der Waals surface area contributed by atoms with Gasteiger partial charge in [-0.05, 0) is 43.7 Å². The zero-order valence-corrected chi connectivity index (χ0v) is 19.7. The van der Waals surface area contributed by atoms with Crippen molar-refractivity contribution >= 4 is 39.4 Å². The molecule has 1 saturated carbocycles. The summed E-state index contributed by atoms with van der Waals surface area (Å²) in [6, 6.07) is 11.3. The highest BCUT2D eigenvalue weighted by molar-refractivity contribution is 7.84. The van der Waals surface area contributed by atoms with E-state index >= 15 is 0 Å². The van der Waals surface area contributed by atoms with Crippen LogP contribution >= 0.6 is 0 Å². The van der Waals surface area contributed by atoms with Gasteiger partial charge in [0.2, 0.25) is 0 Å². The summed E-state index contributed by atoms with van der Waals surface area (Å²) in [7, 11) is -4.17. The van der Waals surface area contributed by atoms with Crippen LogP contribution in [0, 0.1) is 11.7 Å². The van der Waals surface area contributed by atoms with E-state index in [9.17, 15) is 23.0 Å². The van der Waals surface area contributed by atoms with Gasteiger partial charge in [0.15, 0.2) is 5.82 Å². The number of rotatable bonds is 8. The van der Waals surface area contributed by atoms with Crippen molar-refractivity contribution in [2.45, 2.75) is 31.6 Å².